The minimum absolute atomic E-state index is 0.287. The normalized spacial score (nSPS) is 24.8. The number of β-amino-alcohol motifs (C(OH)–C–C–N with tert-alkyl or cyclic N) is 2. The molecule has 4 nitrogen and oxygen atoms in total. The first-order valence-corrected chi connectivity index (χ1v) is 5.37. The number of hydrogen-bond donors (Lipinski definition) is 2. The second-order valence-corrected chi connectivity index (χ2v) is 4.25. The largest absolute Gasteiger partial charge is 0.389 e. The van der Waals surface area contributed by atoms with Crippen molar-refractivity contribution in [3.63, 3.8) is 0 Å². The van der Waals surface area contributed by atoms with Crippen molar-refractivity contribution in [2.45, 2.75) is 18.8 Å². The lowest BCUT2D eigenvalue weighted by Gasteiger charge is -2.15. The molecule has 2 atom stereocenters. The molecule has 1 fully saturated rings. The summed E-state index contributed by atoms with van der Waals surface area (Å²) in [6.45, 7) is 0.921. The van der Waals surface area contributed by atoms with E-state index < -0.39 is 12.2 Å². The molecular weight excluding hydrogens is 223 g/mol. The van der Waals surface area contributed by atoms with Crippen molar-refractivity contribution in [2.24, 2.45) is 0 Å². The summed E-state index contributed by atoms with van der Waals surface area (Å²) >= 11 is 0. The van der Waals surface area contributed by atoms with Gasteiger partial charge in [0.15, 0.2) is 0 Å². The fraction of sp³-hybridized carbons (Fsp3) is 0.417. The van der Waals surface area contributed by atoms with Gasteiger partial charge in [0, 0.05) is 25.2 Å². The van der Waals surface area contributed by atoms with Crippen LogP contribution in [0.4, 0.5) is 4.39 Å². The minimum atomic E-state index is -0.780. The van der Waals surface area contributed by atoms with Gasteiger partial charge in [0.2, 0.25) is 0 Å². The lowest BCUT2D eigenvalue weighted by molar-refractivity contribution is 0.0572. The second kappa shape index (κ2) is 4.80. The summed E-state index contributed by atoms with van der Waals surface area (Å²) in [5.74, 6) is -0.375. The summed E-state index contributed by atoms with van der Waals surface area (Å²) in [4.78, 5) is 1.76. The maximum atomic E-state index is 13.5. The molecule has 1 aliphatic rings. The van der Waals surface area contributed by atoms with E-state index in [9.17, 15) is 14.6 Å². The van der Waals surface area contributed by atoms with Gasteiger partial charge in [-0.3, -0.25) is 4.90 Å². The Morgan fingerprint density at radius 1 is 1.35 bits per heavy atom. The topological polar surface area (TPSA) is 67.5 Å². The highest BCUT2D eigenvalue weighted by Crippen LogP contribution is 2.17. The Kier molecular flexibility index (Phi) is 3.38. The van der Waals surface area contributed by atoms with E-state index in [4.69, 9.17) is 5.26 Å². The van der Waals surface area contributed by atoms with E-state index in [1.165, 1.54) is 18.2 Å². The number of aliphatic hydroxyl groups excluding tert-OH is 2. The van der Waals surface area contributed by atoms with E-state index >= 15 is 0 Å². The Morgan fingerprint density at radius 2 is 2.00 bits per heavy atom. The zero-order chi connectivity index (χ0) is 12.4. The lowest BCUT2D eigenvalue weighted by atomic mass is 10.1. The molecule has 0 aromatic heterocycles. The molecule has 0 spiro atoms. The van der Waals surface area contributed by atoms with Crippen molar-refractivity contribution in [3.05, 3.63) is 35.1 Å². The van der Waals surface area contributed by atoms with Crippen LogP contribution in [0, 0.1) is 17.1 Å². The number of nitrogens with zero attached hydrogens (tertiary/aromatic N) is 2. The highest BCUT2D eigenvalue weighted by atomic mass is 19.1. The molecule has 1 saturated heterocycles. The molecule has 2 rings (SSSR count). The zero-order valence-electron chi connectivity index (χ0n) is 9.17. The molecule has 1 aromatic carbocycles. The first-order chi connectivity index (χ1) is 8.10. The van der Waals surface area contributed by atoms with Crippen LogP contribution in [0.5, 0.6) is 0 Å². The smallest absolute Gasteiger partial charge is 0.127 e. The van der Waals surface area contributed by atoms with Gasteiger partial charge < -0.3 is 10.2 Å². The van der Waals surface area contributed by atoms with E-state index in [1.54, 1.807) is 4.90 Å². The molecule has 1 aromatic rings. The third kappa shape index (κ3) is 2.61. The first-order valence-electron chi connectivity index (χ1n) is 5.37. The Morgan fingerprint density at radius 3 is 2.59 bits per heavy atom. The molecule has 90 valence electrons. The number of benzene rings is 1. The van der Waals surface area contributed by atoms with Crippen LogP contribution in [0.1, 0.15) is 11.1 Å². The van der Waals surface area contributed by atoms with E-state index in [-0.39, 0.29) is 12.4 Å². The maximum Gasteiger partial charge on any atom is 0.127 e. The second-order valence-electron chi connectivity index (χ2n) is 4.25. The van der Waals surface area contributed by atoms with Gasteiger partial charge in [-0.05, 0) is 18.2 Å². The molecule has 5 heteroatoms. The molecule has 17 heavy (non-hydrogen) atoms. The van der Waals surface area contributed by atoms with Crippen molar-refractivity contribution in [2.75, 3.05) is 13.1 Å². The minimum Gasteiger partial charge on any atom is -0.389 e. The monoisotopic (exact) mass is 236 g/mol. The summed E-state index contributed by atoms with van der Waals surface area (Å²) in [5.41, 5.74) is 0.812. The van der Waals surface area contributed by atoms with Crippen molar-refractivity contribution in [1.82, 2.24) is 4.90 Å². The van der Waals surface area contributed by atoms with Gasteiger partial charge in [-0.25, -0.2) is 4.39 Å². The Labute approximate surface area is 98.5 Å². The van der Waals surface area contributed by atoms with E-state index in [1.807, 2.05) is 6.07 Å². The fourth-order valence-corrected chi connectivity index (χ4v) is 1.98. The summed E-state index contributed by atoms with van der Waals surface area (Å²) in [5, 5.41) is 27.5. The average molecular weight is 236 g/mol. The van der Waals surface area contributed by atoms with Gasteiger partial charge in [0.05, 0.1) is 23.8 Å². The van der Waals surface area contributed by atoms with Crippen LogP contribution in [-0.4, -0.2) is 40.4 Å². The quantitative estimate of drug-likeness (QED) is 0.771. The molecule has 0 saturated carbocycles. The van der Waals surface area contributed by atoms with E-state index in [0.29, 0.717) is 24.2 Å². The van der Waals surface area contributed by atoms with Gasteiger partial charge in [0.1, 0.15) is 5.82 Å². The Bertz CT molecular complexity index is 448. The Hall–Kier alpha value is -1.48. The highest BCUT2D eigenvalue weighted by molar-refractivity contribution is 5.33. The molecule has 1 aliphatic heterocycles. The van der Waals surface area contributed by atoms with Crippen molar-refractivity contribution >= 4 is 0 Å². The number of aliphatic hydroxyl groups is 2. The van der Waals surface area contributed by atoms with Gasteiger partial charge in [-0.1, -0.05) is 0 Å². The molecule has 0 amide bonds. The molecule has 1 heterocycles. The predicted octanol–water partition coefficient (Wildman–Crippen LogP) is 0.235. The van der Waals surface area contributed by atoms with E-state index in [0.717, 1.165) is 0 Å². The standard InChI is InChI=1S/C12H13FN2O2/c13-10-2-1-8(4-14)3-9(10)5-15-6-11(16)12(17)7-15/h1-3,11-12,16-17H,5-7H2/t11-,12+. The van der Waals surface area contributed by atoms with Crippen LogP contribution in [-0.2, 0) is 6.54 Å². The van der Waals surface area contributed by atoms with Gasteiger partial charge in [-0.15, -0.1) is 0 Å². The zero-order valence-corrected chi connectivity index (χ0v) is 9.17. The Balaban J connectivity index is 2.11. The van der Waals surface area contributed by atoms with E-state index in [2.05, 4.69) is 0 Å². The first kappa shape index (κ1) is 12.0. The van der Waals surface area contributed by atoms with Crippen molar-refractivity contribution < 1.29 is 14.6 Å². The number of hydrogen-bond acceptors (Lipinski definition) is 4. The average Bonchev–Trinajstić information content (AvgIpc) is 2.61. The van der Waals surface area contributed by atoms with Crippen LogP contribution in [0.3, 0.4) is 0 Å². The van der Waals surface area contributed by atoms with Crippen molar-refractivity contribution in [3.8, 4) is 6.07 Å². The summed E-state index contributed by atoms with van der Waals surface area (Å²) < 4.78 is 13.5. The van der Waals surface area contributed by atoms with Crippen LogP contribution in [0.25, 0.3) is 0 Å². The number of likely N-dealkylation sites (tertiary alicyclic amines) is 1. The number of rotatable bonds is 2. The van der Waals surface area contributed by atoms with Crippen molar-refractivity contribution in [1.29, 1.82) is 5.26 Å². The summed E-state index contributed by atoms with van der Waals surface area (Å²) in [6.07, 6.45) is -1.56. The number of nitriles is 1. The third-order valence-electron chi connectivity index (χ3n) is 2.90. The van der Waals surface area contributed by atoms with Gasteiger partial charge >= 0.3 is 0 Å². The van der Waals surface area contributed by atoms with Gasteiger partial charge in [0.25, 0.3) is 0 Å². The van der Waals surface area contributed by atoms with Crippen LogP contribution in [0.15, 0.2) is 18.2 Å². The SMILES string of the molecule is N#Cc1ccc(F)c(CN2C[C@@H](O)[C@@H](O)C2)c1. The molecule has 0 radical (unpaired) electrons. The maximum absolute atomic E-state index is 13.5. The summed E-state index contributed by atoms with van der Waals surface area (Å²) in [7, 11) is 0. The van der Waals surface area contributed by atoms with Crippen LogP contribution < -0.4 is 0 Å². The summed E-state index contributed by atoms with van der Waals surface area (Å²) in [6, 6.07) is 6.13. The predicted molar refractivity (Wildman–Crippen MR) is 58.4 cm³/mol. The van der Waals surface area contributed by atoms with Gasteiger partial charge in [-0.2, -0.15) is 5.26 Å². The molecular formula is C12H13FN2O2. The molecule has 0 aliphatic carbocycles. The van der Waals surface area contributed by atoms with Crippen LogP contribution in [0.2, 0.25) is 0 Å². The molecule has 2 N–H and O–H groups in total. The molecule has 0 bridgehead atoms. The lowest BCUT2D eigenvalue weighted by Crippen LogP contribution is -2.22. The molecule has 0 unspecified atom stereocenters. The number of halogens is 1. The fourth-order valence-electron chi connectivity index (χ4n) is 1.98. The third-order valence-corrected chi connectivity index (χ3v) is 2.90. The van der Waals surface area contributed by atoms with Crippen LogP contribution >= 0.6 is 0 Å². The highest BCUT2D eigenvalue weighted by Gasteiger charge is 2.29.